The molecule has 0 bridgehead atoms. The maximum absolute atomic E-state index is 10.4. The first-order valence-electron chi connectivity index (χ1n) is 8.73. The van der Waals surface area contributed by atoms with Crippen molar-refractivity contribution in [3.63, 3.8) is 0 Å². The van der Waals surface area contributed by atoms with Crippen LogP contribution in [0.15, 0.2) is 42.6 Å². The number of nitro benzene ring substituents is 3. The van der Waals surface area contributed by atoms with Crippen LogP contribution in [0.1, 0.15) is 17.7 Å². The predicted octanol–water partition coefficient (Wildman–Crippen LogP) is 3.26. The Labute approximate surface area is 169 Å². The van der Waals surface area contributed by atoms with Crippen LogP contribution in [0.25, 0.3) is 5.52 Å². The van der Waals surface area contributed by atoms with Gasteiger partial charge in [-0.3, -0.25) is 30.3 Å². The number of nitro groups is 3. The number of pyridine rings is 1. The van der Waals surface area contributed by atoms with Gasteiger partial charge in [0.25, 0.3) is 11.4 Å². The molecule has 12 heteroatoms. The Hall–Kier alpha value is -4.06. The molecule has 0 radical (unpaired) electrons. The minimum atomic E-state index is -1.21. The summed E-state index contributed by atoms with van der Waals surface area (Å²) in [6.07, 6.45) is 4.25. The number of non-ortho nitro benzene ring substituents is 1. The highest BCUT2D eigenvalue weighted by Gasteiger charge is 2.30. The Morgan fingerprint density at radius 3 is 2.10 bits per heavy atom. The van der Waals surface area contributed by atoms with Crippen molar-refractivity contribution >= 4 is 22.6 Å². The molecule has 0 aliphatic rings. The van der Waals surface area contributed by atoms with Crippen LogP contribution < -0.4 is 5.73 Å². The number of nitrogens with zero attached hydrogens (tertiary/aromatic N) is 4. The van der Waals surface area contributed by atoms with E-state index < -0.39 is 37.6 Å². The summed E-state index contributed by atoms with van der Waals surface area (Å²) in [6.45, 7) is 2.93. The van der Waals surface area contributed by atoms with E-state index in [-0.39, 0.29) is 0 Å². The number of aromatic nitrogens is 1. The fraction of sp³-hybridized carbons (Fsp3) is 0.222. The third kappa shape index (κ3) is 4.86. The predicted molar refractivity (Wildman–Crippen MR) is 108 cm³/mol. The van der Waals surface area contributed by atoms with E-state index in [1.807, 2.05) is 0 Å². The van der Waals surface area contributed by atoms with Gasteiger partial charge in [0.1, 0.15) is 0 Å². The molecule has 0 unspecified atom stereocenters. The van der Waals surface area contributed by atoms with Crippen molar-refractivity contribution in [2.24, 2.45) is 5.73 Å². The number of aryl methyl sites for hydroxylation is 2. The van der Waals surface area contributed by atoms with Crippen LogP contribution in [-0.2, 0) is 6.42 Å². The Bertz CT molecular complexity index is 1070. The standard InChI is InChI=1S/C12H16N2.C6H3N3O7/c1-10-9-11-5-2-3-8-14(11)12(10)6-4-7-13;10-6-4(8(13)14)1-3(7(11)12)2-5(6)9(15)16/h2-3,5,8-9H,4,6-7,13H2,1H3;1-2,10H. The summed E-state index contributed by atoms with van der Waals surface area (Å²) in [5, 5.41) is 40.2. The molecule has 0 fully saturated rings. The second kappa shape index (κ2) is 9.43. The van der Waals surface area contributed by atoms with Gasteiger partial charge in [0.15, 0.2) is 0 Å². The van der Waals surface area contributed by atoms with E-state index in [4.69, 9.17) is 10.8 Å². The second-order valence-corrected chi connectivity index (χ2v) is 6.27. The van der Waals surface area contributed by atoms with Gasteiger partial charge in [0.05, 0.1) is 26.9 Å². The zero-order valence-electron chi connectivity index (χ0n) is 15.9. The van der Waals surface area contributed by atoms with Crippen molar-refractivity contribution in [1.29, 1.82) is 0 Å². The molecule has 12 nitrogen and oxygen atoms in total. The molecule has 1 aromatic carbocycles. The minimum absolute atomic E-state index is 0.447. The largest absolute Gasteiger partial charge is 0.497 e. The first-order valence-corrected chi connectivity index (χ1v) is 8.73. The molecule has 0 aliphatic carbocycles. The SMILES string of the molecule is Cc1cc2ccccn2c1CCCN.O=[N+]([O-])c1cc([N+](=O)[O-])c(O)c([N+](=O)[O-])c1. The molecule has 0 atom stereocenters. The van der Waals surface area contributed by atoms with Gasteiger partial charge in [-0.05, 0) is 50.1 Å². The smallest absolute Gasteiger partial charge is 0.324 e. The number of phenolic OH excluding ortho intramolecular Hbond substituents is 1. The van der Waals surface area contributed by atoms with Gasteiger partial charge < -0.3 is 15.2 Å². The molecule has 3 aromatic rings. The maximum Gasteiger partial charge on any atom is 0.324 e. The third-order valence-electron chi connectivity index (χ3n) is 4.28. The average molecular weight is 417 g/mol. The minimum Gasteiger partial charge on any atom is -0.497 e. The number of phenols is 1. The summed E-state index contributed by atoms with van der Waals surface area (Å²) in [6, 6.07) is 9.40. The van der Waals surface area contributed by atoms with E-state index in [0.717, 1.165) is 19.4 Å². The number of aromatic hydroxyl groups is 1. The van der Waals surface area contributed by atoms with Crippen LogP contribution in [0.5, 0.6) is 5.75 Å². The van der Waals surface area contributed by atoms with Crippen molar-refractivity contribution in [1.82, 2.24) is 4.40 Å². The number of hydrogen-bond donors (Lipinski definition) is 2. The summed E-state index contributed by atoms with van der Waals surface area (Å²) < 4.78 is 2.25. The molecule has 0 amide bonds. The molecular formula is C18H19N5O7. The van der Waals surface area contributed by atoms with Gasteiger partial charge in [-0.25, -0.2) is 0 Å². The Balaban J connectivity index is 0.000000215. The molecule has 158 valence electrons. The van der Waals surface area contributed by atoms with Crippen molar-refractivity contribution in [3.8, 4) is 5.75 Å². The van der Waals surface area contributed by atoms with Crippen molar-refractivity contribution in [3.05, 3.63) is 84.2 Å². The summed E-state index contributed by atoms with van der Waals surface area (Å²) in [5.41, 5.74) is 6.56. The molecule has 2 heterocycles. The molecule has 0 saturated heterocycles. The highest BCUT2D eigenvalue weighted by Crippen LogP contribution is 2.38. The normalized spacial score (nSPS) is 10.3. The van der Waals surface area contributed by atoms with Gasteiger partial charge in [0.2, 0.25) is 0 Å². The topological polar surface area (TPSA) is 180 Å². The Kier molecular flexibility index (Phi) is 6.99. The monoisotopic (exact) mass is 417 g/mol. The quantitative estimate of drug-likeness (QED) is 0.452. The highest BCUT2D eigenvalue weighted by molar-refractivity contribution is 5.64. The zero-order valence-corrected chi connectivity index (χ0v) is 15.9. The maximum atomic E-state index is 10.4. The first kappa shape index (κ1) is 22.2. The first-order chi connectivity index (χ1) is 14.2. The number of hydrogen-bond acceptors (Lipinski definition) is 8. The van der Waals surface area contributed by atoms with E-state index >= 15 is 0 Å². The molecule has 3 rings (SSSR count). The number of rotatable bonds is 6. The van der Waals surface area contributed by atoms with Crippen molar-refractivity contribution < 1.29 is 19.9 Å². The zero-order chi connectivity index (χ0) is 22.4. The van der Waals surface area contributed by atoms with E-state index in [1.165, 1.54) is 16.8 Å². The molecule has 30 heavy (non-hydrogen) atoms. The number of fused-ring (bicyclic) bond motifs is 1. The van der Waals surface area contributed by atoms with Gasteiger partial charge >= 0.3 is 11.4 Å². The van der Waals surface area contributed by atoms with Gasteiger partial charge in [0, 0.05) is 17.4 Å². The summed E-state index contributed by atoms with van der Waals surface area (Å²) >= 11 is 0. The van der Waals surface area contributed by atoms with Gasteiger partial charge in [-0.2, -0.15) is 0 Å². The van der Waals surface area contributed by atoms with Crippen molar-refractivity contribution in [2.75, 3.05) is 6.54 Å². The molecule has 0 saturated carbocycles. The van der Waals surface area contributed by atoms with E-state index in [1.54, 1.807) is 0 Å². The lowest BCUT2D eigenvalue weighted by Gasteiger charge is -2.02. The van der Waals surface area contributed by atoms with Crippen LogP contribution in [-0.4, -0.2) is 30.8 Å². The van der Waals surface area contributed by atoms with Gasteiger partial charge in [-0.15, -0.1) is 0 Å². The number of benzene rings is 1. The lowest BCUT2D eigenvalue weighted by Crippen LogP contribution is -2.02. The number of nitrogens with two attached hydrogens (primary N) is 1. The van der Waals surface area contributed by atoms with Crippen LogP contribution in [0.4, 0.5) is 17.1 Å². The van der Waals surface area contributed by atoms with E-state index in [2.05, 4.69) is 41.8 Å². The van der Waals surface area contributed by atoms with Crippen molar-refractivity contribution in [2.45, 2.75) is 19.8 Å². The molecule has 2 aromatic heterocycles. The van der Waals surface area contributed by atoms with Crippen LogP contribution >= 0.6 is 0 Å². The summed E-state index contributed by atoms with van der Waals surface area (Å²) in [5.74, 6) is -1.21. The lowest BCUT2D eigenvalue weighted by molar-refractivity contribution is -0.404. The Morgan fingerprint density at radius 2 is 1.60 bits per heavy atom. The average Bonchev–Trinajstić information content (AvgIpc) is 3.01. The molecule has 0 spiro atoms. The fourth-order valence-electron chi connectivity index (χ4n) is 2.88. The molecular weight excluding hydrogens is 398 g/mol. The summed E-state index contributed by atoms with van der Waals surface area (Å²) in [7, 11) is 0. The molecule has 0 aliphatic heterocycles. The van der Waals surface area contributed by atoms with E-state index in [0.29, 0.717) is 12.1 Å². The lowest BCUT2D eigenvalue weighted by atomic mass is 10.2. The third-order valence-corrected chi connectivity index (χ3v) is 4.28. The van der Waals surface area contributed by atoms with Crippen LogP contribution in [0.3, 0.4) is 0 Å². The second-order valence-electron chi connectivity index (χ2n) is 6.27. The van der Waals surface area contributed by atoms with Crippen LogP contribution in [0, 0.1) is 37.3 Å². The van der Waals surface area contributed by atoms with Gasteiger partial charge in [-0.1, -0.05) is 6.07 Å². The summed E-state index contributed by atoms with van der Waals surface area (Å²) in [4.78, 5) is 27.8. The van der Waals surface area contributed by atoms with E-state index in [9.17, 15) is 30.3 Å². The van der Waals surface area contributed by atoms with Crippen LogP contribution in [0.2, 0.25) is 0 Å². The fourth-order valence-corrected chi connectivity index (χ4v) is 2.88. The Morgan fingerprint density at radius 1 is 1.00 bits per heavy atom. The highest BCUT2D eigenvalue weighted by atomic mass is 16.6. The molecule has 3 N–H and O–H groups in total.